The van der Waals surface area contributed by atoms with Crippen LogP contribution >= 0.6 is 27.3 Å². The fourth-order valence-corrected chi connectivity index (χ4v) is 3.21. The topological polar surface area (TPSA) is 24.9 Å². The number of hydrogen-bond donors (Lipinski definition) is 1. The molecule has 18 heavy (non-hydrogen) atoms. The monoisotopic (exact) mass is 318 g/mol. The van der Waals surface area contributed by atoms with Crippen LogP contribution < -0.4 is 5.32 Å². The molecule has 0 radical (unpaired) electrons. The summed E-state index contributed by atoms with van der Waals surface area (Å²) >= 11 is 5.17. The molecular formula is C14H11BrN2S. The molecule has 2 aromatic heterocycles. The summed E-state index contributed by atoms with van der Waals surface area (Å²) in [7, 11) is 0. The van der Waals surface area contributed by atoms with Gasteiger partial charge in [-0.15, -0.1) is 11.3 Å². The number of halogens is 1. The van der Waals surface area contributed by atoms with Crippen molar-refractivity contribution in [3.8, 4) is 0 Å². The van der Waals surface area contributed by atoms with E-state index in [0.29, 0.717) is 0 Å². The normalized spacial score (nSPS) is 10.8. The zero-order valence-corrected chi connectivity index (χ0v) is 12.2. The Balaban J connectivity index is 2.01. The van der Waals surface area contributed by atoms with Crippen LogP contribution in [-0.4, -0.2) is 4.98 Å². The van der Waals surface area contributed by atoms with Crippen LogP contribution in [0.1, 0.15) is 5.56 Å². The maximum Gasteiger partial charge on any atom is 0.133 e. The predicted octanol–water partition coefficient (Wildman–Crippen LogP) is 5.11. The third-order valence-corrected chi connectivity index (χ3v) is 4.18. The van der Waals surface area contributed by atoms with E-state index in [1.54, 1.807) is 11.3 Å². The molecule has 1 aromatic carbocycles. The van der Waals surface area contributed by atoms with Crippen LogP contribution in [0.5, 0.6) is 0 Å². The van der Waals surface area contributed by atoms with Crippen molar-refractivity contribution >= 4 is 48.9 Å². The van der Waals surface area contributed by atoms with Gasteiger partial charge in [0.1, 0.15) is 5.82 Å². The average molecular weight is 319 g/mol. The molecule has 0 amide bonds. The van der Waals surface area contributed by atoms with Crippen molar-refractivity contribution in [2.24, 2.45) is 0 Å². The van der Waals surface area contributed by atoms with Crippen LogP contribution in [0.25, 0.3) is 10.1 Å². The molecule has 4 heteroatoms. The largest absolute Gasteiger partial charge is 0.339 e. The second-order valence-corrected chi connectivity index (χ2v) is 5.92. The SMILES string of the molecule is Cc1cc(Br)cnc1Nc1csc2ccccc12. The highest BCUT2D eigenvalue weighted by Crippen LogP contribution is 2.32. The number of anilines is 2. The van der Waals surface area contributed by atoms with E-state index in [-0.39, 0.29) is 0 Å². The molecule has 0 saturated carbocycles. The number of nitrogens with zero attached hydrogens (tertiary/aromatic N) is 1. The lowest BCUT2D eigenvalue weighted by Gasteiger charge is -2.07. The number of pyridine rings is 1. The minimum Gasteiger partial charge on any atom is -0.339 e. The summed E-state index contributed by atoms with van der Waals surface area (Å²) < 4.78 is 2.29. The molecule has 2 nitrogen and oxygen atoms in total. The van der Waals surface area contributed by atoms with Crippen LogP contribution in [0.2, 0.25) is 0 Å². The Kier molecular flexibility index (Phi) is 3.06. The second kappa shape index (κ2) is 4.71. The Morgan fingerprint density at radius 1 is 1.28 bits per heavy atom. The van der Waals surface area contributed by atoms with Crippen LogP contribution in [0.15, 0.2) is 46.4 Å². The highest BCUT2D eigenvalue weighted by molar-refractivity contribution is 9.10. The molecule has 0 aliphatic carbocycles. The Hall–Kier alpha value is -1.39. The molecular weight excluding hydrogens is 308 g/mol. The molecule has 3 aromatic rings. The van der Waals surface area contributed by atoms with Crippen molar-refractivity contribution in [3.63, 3.8) is 0 Å². The number of fused-ring (bicyclic) bond motifs is 1. The van der Waals surface area contributed by atoms with E-state index in [2.05, 4.69) is 68.9 Å². The summed E-state index contributed by atoms with van der Waals surface area (Å²) in [6, 6.07) is 10.4. The van der Waals surface area contributed by atoms with Crippen molar-refractivity contribution in [1.82, 2.24) is 4.98 Å². The van der Waals surface area contributed by atoms with E-state index < -0.39 is 0 Å². The Labute approximate surface area is 118 Å². The van der Waals surface area contributed by atoms with E-state index in [1.807, 2.05) is 6.20 Å². The van der Waals surface area contributed by atoms with Crippen molar-refractivity contribution in [1.29, 1.82) is 0 Å². The lowest BCUT2D eigenvalue weighted by Crippen LogP contribution is -1.95. The first-order valence-corrected chi connectivity index (χ1v) is 7.27. The van der Waals surface area contributed by atoms with Gasteiger partial charge in [0, 0.05) is 26.1 Å². The molecule has 0 fully saturated rings. The van der Waals surface area contributed by atoms with E-state index in [4.69, 9.17) is 0 Å². The van der Waals surface area contributed by atoms with Gasteiger partial charge in [0.25, 0.3) is 0 Å². The standard InChI is InChI=1S/C14H11BrN2S/c1-9-6-10(15)7-16-14(9)17-12-8-18-13-5-3-2-4-11(12)13/h2-8H,1H3,(H,16,17). The first-order valence-electron chi connectivity index (χ1n) is 5.59. The van der Waals surface area contributed by atoms with Gasteiger partial charge in [-0.1, -0.05) is 18.2 Å². The molecule has 0 unspecified atom stereocenters. The van der Waals surface area contributed by atoms with E-state index in [9.17, 15) is 0 Å². The minimum absolute atomic E-state index is 0.904. The van der Waals surface area contributed by atoms with Gasteiger partial charge in [-0.2, -0.15) is 0 Å². The Morgan fingerprint density at radius 2 is 2.11 bits per heavy atom. The van der Waals surface area contributed by atoms with Gasteiger partial charge >= 0.3 is 0 Å². The summed E-state index contributed by atoms with van der Waals surface area (Å²) in [6.45, 7) is 2.05. The third kappa shape index (κ3) is 2.13. The fourth-order valence-electron chi connectivity index (χ4n) is 1.87. The summed E-state index contributed by atoms with van der Waals surface area (Å²) in [5, 5.41) is 6.78. The van der Waals surface area contributed by atoms with Crippen LogP contribution in [0.4, 0.5) is 11.5 Å². The number of nitrogens with one attached hydrogen (secondary N) is 1. The number of thiophene rings is 1. The molecule has 0 bridgehead atoms. The van der Waals surface area contributed by atoms with Crippen LogP contribution in [-0.2, 0) is 0 Å². The molecule has 3 rings (SSSR count). The quantitative estimate of drug-likeness (QED) is 0.710. The zero-order chi connectivity index (χ0) is 12.5. The summed E-state index contributed by atoms with van der Waals surface area (Å²) in [4.78, 5) is 4.41. The number of aromatic nitrogens is 1. The van der Waals surface area contributed by atoms with Crippen LogP contribution in [0, 0.1) is 6.92 Å². The lowest BCUT2D eigenvalue weighted by molar-refractivity contribution is 1.24. The number of hydrogen-bond acceptors (Lipinski definition) is 3. The molecule has 90 valence electrons. The van der Waals surface area contributed by atoms with E-state index in [1.165, 1.54) is 10.1 Å². The van der Waals surface area contributed by atoms with Gasteiger partial charge in [0.15, 0.2) is 0 Å². The summed E-state index contributed by atoms with van der Waals surface area (Å²) in [6.07, 6.45) is 1.81. The zero-order valence-electron chi connectivity index (χ0n) is 9.77. The molecule has 0 atom stereocenters. The van der Waals surface area contributed by atoms with E-state index in [0.717, 1.165) is 21.5 Å². The van der Waals surface area contributed by atoms with Crippen molar-refractivity contribution in [2.45, 2.75) is 6.92 Å². The van der Waals surface area contributed by atoms with Crippen LogP contribution in [0.3, 0.4) is 0 Å². The van der Waals surface area contributed by atoms with E-state index >= 15 is 0 Å². The minimum atomic E-state index is 0.904. The fraction of sp³-hybridized carbons (Fsp3) is 0.0714. The van der Waals surface area contributed by atoms with Gasteiger partial charge in [0.2, 0.25) is 0 Å². The van der Waals surface area contributed by atoms with Crippen molar-refractivity contribution in [3.05, 3.63) is 51.9 Å². The maximum atomic E-state index is 4.41. The smallest absolute Gasteiger partial charge is 0.133 e. The number of aryl methyl sites for hydroxylation is 1. The van der Waals surface area contributed by atoms with Gasteiger partial charge in [0.05, 0.1) is 5.69 Å². The summed E-state index contributed by atoms with van der Waals surface area (Å²) in [5.41, 5.74) is 2.24. The molecule has 0 spiro atoms. The average Bonchev–Trinajstić information content (AvgIpc) is 2.76. The lowest BCUT2D eigenvalue weighted by atomic mass is 10.2. The Morgan fingerprint density at radius 3 is 2.94 bits per heavy atom. The Bertz CT molecular complexity index is 706. The second-order valence-electron chi connectivity index (χ2n) is 4.09. The number of benzene rings is 1. The highest BCUT2D eigenvalue weighted by Gasteiger charge is 2.06. The van der Waals surface area contributed by atoms with Crippen molar-refractivity contribution in [2.75, 3.05) is 5.32 Å². The first kappa shape index (κ1) is 11.7. The van der Waals surface area contributed by atoms with Gasteiger partial charge < -0.3 is 5.32 Å². The first-order chi connectivity index (χ1) is 8.74. The number of rotatable bonds is 2. The molecule has 0 aliphatic heterocycles. The predicted molar refractivity (Wildman–Crippen MR) is 81.8 cm³/mol. The summed E-state index contributed by atoms with van der Waals surface area (Å²) in [5.74, 6) is 0.904. The third-order valence-electron chi connectivity index (χ3n) is 2.78. The molecule has 0 aliphatic rings. The molecule has 1 N–H and O–H groups in total. The highest BCUT2D eigenvalue weighted by atomic mass is 79.9. The van der Waals surface area contributed by atoms with Gasteiger partial charge in [-0.25, -0.2) is 4.98 Å². The van der Waals surface area contributed by atoms with Gasteiger partial charge in [-0.3, -0.25) is 0 Å². The van der Waals surface area contributed by atoms with Crippen molar-refractivity contribution < 1.29 is 0 Å². The molecule has 0 saturated heterocycles. The van der Waals surface area contributed by atoms with Gasteiger partial charge in [-0.05, 0) is 40.5 Å². The maximum absolute atomic E-state index is 4.41. The molecule has 2 heterocycles.